The van der Waals surface area contributed by atoms with Crippen LogP contribution in [0.1, 0.15) is 63.9 Å². The first kappa shape index (κ1) is 19.3. The molecule has 1 aromatic carbocycles. The average Bonchev–Trinajstić information content (AvgIpc) is 3.00. The smallest absolute Gasteiger partial charge is 0.413 e. The van der Waals surface area contributed by atoms with E-state index in [1.807, 2.05) is 30.3 Å². The van der Waals surface area contributed by atoms with Crippen molar-refractivity contribution in [1.29, 1.82) is 0 Å². The van der Waals surface area contributed by atoms with Crippen LogP contribution in [0.15, 0.2) is 30.3 Å². The summed E-state index contributed by atoms with van der Waals surface area (Å²) in [7, 11) is 0. The van der Waals surface area contributed by atoms with Crippen molar-refractivity contribution in [3.8, 4) is 0 Å². The largest absolute Gasteiger partial charge is 0.444 e. The molecule has 0 saturated carbocycles. The van der Waals surface area contributed by atoms with E-state index in [1.165, 1.54) is 37.0 Å². The molecule has 1 amide bonds. The molecule has 1 aliphatic heterocycles. The number of unbranched alkanes of at least 4 members (excludes halogenated alkanes) is 6. The van der Waals surface area contributed by atoms with Crippen LogP contribution < -0.4 is 0 Å². The molecule has 1 aromatic rings. The van der Waals surface area contributed by atoms with Gasteiger partial charge in [0.2, 0.25) is 0 Å². The zero-order valence-corrected chi connectivity index (χ0v) is 15.1. The van der Waals surface area contributed by atoms with Crippen LogP contribution >= 0.6 is 0 Å². The molecule has 1 saturated heterocycles. The molecule has 0 bridgehead atoms. The van der Waals surface area contributed by atoms with E-state index >= 15 is 0 Å². The van der Waals surface area contributed by atoms with Gasteiger partial charge in [0.15, 0.2) is 6.23 Å². The Hall–Kier alpha value is -2.04. The predicted molar refractivity (Wildman–Crippen MR) is 95.8 cm³/mol. The second-order valence-corrected chi connectivity index (χ2v) is 6.52. The Balaban J connectivity index is 1.70. The van der Waals surface area contributed by atoms with E-state index in [9.17, 15) is 9.59 Å². The highest BCUT2D eigenvalue weighted by molar-refractivity contribution is 5.81. The minimum Gasteiger partial charge on any atom is -0.444 e. The first-order valence-electron chi connectivity index (χ1n) is 9.37. The molecule has 0 aliphatic carbocycles. The van der Waals surface area contributed by atoms with Gasteiger partial charge < -0.3 is 9.47 Å². The first-order valence-corrected chi connectivity index (χ1v) is 9.37. The van der Waals surface area contributed by atoms with E-state index in [0.29, 0.717) is 6.42 Å². The third-order valence-electron chi connectivity index (χ3n) is 4.41. The van der Waals surface area contributed by atoms with Crippen molar-refractivity contribution in [2.75, 3.05) is 6.54 Å². The maximum Gasteiger partial charge on any atom is 0.413 e. The van der Waals surface area contributed by atoms with Crippen LogP contribution in [0.3, 0.4) is 0 Å². The summed E-state index contributed by atoms with van der Waals surface area (Å²) < 4.78 is 10.6. The summed E-state index contributed by atoms with van der Waals surface area (Å²) in [5, 5.41) is 0. The molecule has 1 atom stereocenters. The van der Waals surface area contributed by atoms with Gasteiger partial charge in [0.05, 0.1) is 0 Å². The molecular formula is C20H29NO4. The summed E-state index contributed by atoms with van der Waals surface area (Å²) in [5.74, 6) is -0.357. The van der Waals surface area contributed by atoms with Gasteiger partial charge in [0.25, 0.3) is 0 Å². The maximum absolute atomic E-state index is 12.3. The zero-order chi connectivity index (χ0) is 17.9. The number of carbonyl (C=O) groups is 2. The van der Waals surface area contributed by atoms with Gasteiger partial charge >= 0.3 is 12.1 Å². The molecule has 1 fully saturated rings. The molecule has 25 heavy (non-hydrogen) atoms. The molecule has 1 heterocycles. The molecular weight excluding hydrogens is 318 g/mol. The van der Waals surface area contributed by atoms with Crippen molar-refractivity contribution in [2.45, 2.75) is 71.1 Å². The van der Waals surface area contributed by atoms with Crippen molar-refractivity contribution in [1.82, 2.24) is 4.90 Å². The van der Waals surface area contributed by atoms with E-state index in [1.54, 1.807) is 0 Å². The predicted octanol–water partition coefficient (Wildman–Crippen LogP) is 4.65. The number of carbonyl (C=O) groups excluding carboxylic acids is 2. The lowest BCUT2D eigenvalue weighted by Crippen LogP contribution is -2.36. The van der Waals surface area contributed by atoms with Crippen molar-refractivity contribution in [2.24, 2.45) is 0 Å². The Bertz CT molecular complexity index is 532. The zero-order valence-electron chi connectivity index (χ0n) is 15.1. The van der Waals surface area contributed by atoms with Gasteiger partial charge in [-0.1, -0.05) is 75.8 Å². The van der Waals surface area contributed by atoms with Crippen molar-refractivity contribution in [3.63, 3.8) is 0 Å². The number of esters is 1. The lowest BCUT2D eigenvalue weighted by molar-refractivity contribution is -0.141. The minimum atomic E-state index is -0.484. The average molecular weight is 347 g/mol. The number of rotatable bonds is 10. The molecule has 1 aliphatic rings. The molecule has 5 nitrogen and oxygen atoms in total. The number of cyclic esters (lactones) is 1. The Kier molecular flexibility index (Phi) is 8.29. The summed E-state index contributed by atoms with van der Waals surface area (Å²) in [6, 6.07) is 9.50. The third kappa shape index (κ3) is 6.77. The molecule has 138 valence electrons. The lowest BCUT2D eigenvalue weighted by atomic mass is 10.1. The summed E-state index contributed by atoms with van der Waals surface area (Å²) in [4.78, 5) is 25.2. The second-order valence-electron chi connectivity index (χ2n) is 6.52. The second kappa shape index (κ2) is 10.7. The van der Waals surface area contributed by atoms with Gasteiger partial charge in [-0.2, -0.15) is 0 Å². The van der Waals surface area contributed by atoms with Gasteiger partial charge in [-0.05, 0) is 12.0 Å². The number of benzene rings is 1. The van der Waals surface area contributed by atoms with Crippen molar-refractivity contribution >= 4 is 12.1 Å². The van der Waals surface area contributed by atoms with Crippen LogP contribution in [-0.4, -0.2) is 29.7 Å². The molecule has 1 unspecified atom stereocenters. The van der Waals surface area contributed by atoms with E-state index in [4.69, 9.17) is 9.47 Å². The highest BCUT2D eigenvalue weighted by Crippen LogP contribution is 2.20. The monoisotopic (exact) mass is 347 g/mol. The quantitative estimate of drug-likeness (QED) is 0.457. The fourth-order valence-corrected chi connectivity index (χ4v) is 2.97. The van der Waals surface area contributed by atoms with Gasteiger partial charge in [0.1, 0.15) is 13.2 Å². The van der Waals surface area contributed by atoms with E-state index in [2.05, 4.69) is 6.92 Å². The van der Waals surface area contributed by atoms with Crippen LogP contribution in [0, 0.1) is 0 Å². The summed E-state index contributed by atoms with van der Waals surface area (Å²) in [6.07, 6.45) is 8.04. The Morgan fingerprint density at radius 1 is 1.12 bits per heavy atom. The van der Waals surface area contributed by atoms with Crippen LogP contribution in [0.2, 0.25) is 0 Å². The summed E-state index contributed by atoms with van der Waals surface area (Å²) in [6.45, 7) is 2.39. The standard InChI is InChI=1S/C20H29NO4/c1-2-3-4-5-6-7-11-14-18-21(15-19(22)25-18)20(23)24-16-17-12-9-8-10-13-17/h8-10,12-13,18H,2-7,11,14-16H2,1H3. The van der Waals surface area contributed by atoms with Gasteiger partial charge in [-0.3, -0.25) is 9.69 Å². The fraction of sp³-hybridized carbons (Fsp3) is 0.600. The fourth-order valence-electron chi connectivity index (χ4n) is 2.97. The first-order chi connectivity index (χ1) is 12.2. The number of hydrogen-bond acceptors (Lipinski definition) is 4. The van der Waals surface area contributed by atoms with Crippen molar-refractivity contribution in [3.05, 3.63) is 35.9 Å². The van der Waals surface area contributed by atoms with Crippen LogP contribution in [-0.2, 0) is 20.9 Å². The van der Waals surface area contributed by atoms with Crippen molar-refractivity contribution < 1.29 is 19.1 Å². The number of nitrogens with zero attached hydrogens (tertiary/aromatic N) is 1. The Morgan fingerprint density at radius 2 is 1.80 bits per heavy atom. The highest BCUT2D eigenvalue weighted by atomic mass is 16.6. The third-order valence-corrected chi connectivity index (χ3v) is 4.41. The number of hydrogen-bond donors (Lipinski definition) is 0. The van der Waals surface area contributed by atoms with Crippen LogP contribution in [0.4, 0.5) is 4.79 Å². The Morgan fingerprint density at radius 3 is 2.52 bits per heavy atom. The highest BCUT2D eigenvalue weighted by Gasteiger charge is 2.36. The van der Waals surface area contributed by atoms with Gasteiger partial charge in [-0.15, -0.1) is 0 Å². The molecule has 2 rings (SSSR count). The van der Waals surface area contributed by atoms with Crippen LogP contribution in [0.25, 0.3) is 0 Å². The maximum atomic E-state index is 12.3. The van der Waals surface area contributed by atoms with Crippen LogP contribution in [0.5, 0.6) is 0 Å². The number of ether oxygens (including phenoxy) is 2. The molecule has 0 spiro atoms. The SMILES string of the molecule is CCCCCCCCCC1OC(=O)CN1C(=O)OCc1ccccc1. The Labute approximate surface area is 150 Å². The summed E-state index contributed by atoms with van der Waals surface area (Å²) in [5.41, 5.74) is 0.922. The normalized spacial score (nSPS) is 16.8. The minimum absolute atomic E-state index is 0.0191. The number of amides is 1. The van der Waals surface area contributed by atoms with E-state index in [-0.39, 0.29) is 19.1 Å². The van der Waals surface area contributed by atoms with Gasteiger partial charge in [-0.25, -0.2) is 4.79 Å². The topological polar surface area (TPSA) is 55.8 Å². The molecule has 5 heteroatoms. The summed E-state index contributed by atoms with van der Waals surface area (Å²) >= 11 is 0. The lowest BCUT2D eigenvalue weighted by Gasteiger charge is -2.21. The molecule has 0 radical (unpaired) electrons. The molecule has 0 aromatic heterocycles. The van der Waals surface area contributed by atoms with E-state index in [0.717, 1.165) is 18.4 Å². The van der Waals surface area contributed by atoms with Gasteiger partial charge in [0, 0.05) is 6.42 Å². The van der Waals surface area contributed by atoms with E-state index < -0.39 is 12.3 Å². The molecule has 0 N–H and O–H groups in total.